The lowest BCUT2D eigenvalue weighted by Crippen LogP contribution is -1.94. The lowest BCUT2D eigenvalue weighted by molar-refractivity contribution is 1.17. The van der Waals surface area contributed by atoms with Gasteiger partial charge in [0.1, 0.15) is 0 Å². The fraction of sp³-hybridized carbons (Fsp3) is 0.150. The topological polar surface area (TPSA) is 12.9 Å². The summed E-state index contributed by atoms with van der Waals surface area (Å²) in [7, 11) is 0. The van der Waals surface area contributed by atoms with Gasteiger partial charge in [0.2, 0.25) is 0 Å². The van der Waals surface area contributed by atoms with Gasteiger partial charge in [-0.1, -0.05) is 54.1 Å². The maximum atomic E-state index is 6.07. The highest BCUT2D eigenvalue weighted by Crippen LogP contribution is 2.35. The van der Waals surface area contributed by atoms with Crippen molar-refractivity contribution < 1.29 is 0 Å². The van der Waals surface area contributed by atoms with Crippen molar-refractivity contribution in [3.8, 4) is 22.3 Å². The van der Waals surface area contributed by atoms with Crippen LogP contribution in [-0.4, -0.2) is 4.98 Å². The molecule has 110 valence electrons. The maximum Gasteiger partial charge on any atom is 0.0653 e. The first-order chi connectivity index (χ1) is 10.7. The zero-order valence-corrected chi connectivity index (χ0v) is 13.6. The SMILES string of the molecule is Cc1ccc(C)c(-c2ccccc2-c2cccnc2CCl)c1. The second-order valence-electron chi connectivity index (χ2n) is 5.50. The minimum absolute atomic E-state index is 0.414. The van der Waals surface area contributed by atoms with E-state index in [1.165, 1.54) is 27.8 Å². The zero-order valence-electron chi connectivity index (χ0n) is 12.8. The van der Waals surface area contributed by atoms with Crippen molar-refractivity contribution >= 4 is 11.6 Å². The van der Waals surface area contributed by atoms with Gasteiger partial charge in [-0.2, -0.15) is 0 Å². The molecule has 3 aromatic rings. The van der Waals surface area contributed by atoms with Gasteiger partial charge >= 0.3 is 0 Å². The predicted molar refractivity (Wildman–Crippen MR) is 94.1 cm³/mol. The fourth-order valence-electron chi connectivity index (χ4n) is 2.77. The summed E-state index contributed by atoms with van der Waals surface area (Å²) in [6.07, 6.45) is 1.79. The number of rotatable bonds is 3. The highest BCUT2D eigenvalue weighted by Gasteiger charge is 2.12. The van der Waals surface area contributed by atoms with Crippen molar-refractivity contribution in [1.82, 2.24) is 4.98 Å². The Morgan fingerprint density at radius 3 is 2.23 bits per heavy atom. The van der Waals surface area contributed by atoms with Gasteiger partial charge in [0.05, 0.1) is 11.6 Å². The van der Waals surface area contributed by atoms with Gasteiger partial charge in [0.15, 0.2) is 0 Å². The number of halogens is 1. The molecule has 0 saturated heterocycles. The van der Waals surface area contributed by atoms with Crippen LogP contribution in [0.5, 0.6) is 0 Å². The van der Waals surface area contributed by atoms with Gasteiger partial charge in [0, 0.05) is 11.8 Å². The van der Waals surface area contributed by atoms with Gasteiger partial charge in [0.25, 0.3) is 0 Å². The standard InChI is InChI=1S/C20H18ClN/c1-14-9-10-15(2)19(12-14)17-7-4-3-6-16(17)18-8-5-11-22-20(18)13-21/h3-12H,13H2,1-2H3. The Bertz CT molecular complexity index is 808. The molecule has 0 bridgehead atoms. The summed E-state index contributed by atoms with van der Waals surface area (Å²) >= 11 is 6.07. The van der Waals surface area contributed by atoms with Gasteiger partial charge in [-0.15, -0.1) is 11.6 Å². The molecule has 3 rings (SSSR count). The molecule has 0 aliphatic heterocycles. The van der Waals surface area contributed by atoms with Gasteiger partial charge in [-0.05, 0) is 42.2 Å². The number of nitrogens with zero attached hydrogens (tertiary/aromatic N) is 1. The van der Waals surface area contributed by atoms with E-state index in [1.54, 1.807) is 6.20 Å². The molecule has 0 aliphatic carbocycles. The van der Waals surface area contributed by atoms with Gasteiger partial charge in [-0.25, -0.2) is 0 Å². The third-order valence-corrected chi connectivity index (χ3v) is 4.17. The molecule has 22 heavy (non-hydrogen) atoms. The average molecular weight is 308 g/mol. The molecule has 0 fully saturated rings. The third kappa shape index (κ3) is 2.77. The molecule has 2 heteroatoms. The van der Waals surface area contributed by atoms with E-state index in [-0.39, 0.29) is 0 Å². The van der Waals surface area contributed by atoms with Crippen molar-refractivity contribution in [2.45, 2.75) is 19.7 Å². The summed E-state index contributed by atoms with van der Waals surface area (Å²) in [5, 5.41) is 0. The van der Waals surface area contributed by atoms with Crippen LogP contribution >= 0.6 is 11.6 Å². The summed E-state index contributed by atoms with van der Waals surface area (Å²) < 4.78 is 0. The minimum atomic E-state index is 0.414. The van der Waals surface area contributed by atoms with Crippen molar-refractivity contribution in [3.63, 3.8) is 0 Å². The molecule has 1 heterocycles. The van der Waals surface area contributed by atoms with E-state index in [0.29, 0.717) is 5.88 Å². The average Bonchev–Trinajstić information content (AvgIpc) is 2.57. The zero-order chi connectivity index (χ0) is 15.5. The summed E-state index contributed by atoms with van der Waals surface area (Å²) in [6.45, 7) is 4.27. The second kappa shape index (κ2) is 6.33. The van der Waals surface area contributed by atoms with Crippen LogP contribution in [0.4, 0.5) is 0 Å². The molecule has 0 saturated carbocycles. The predicted octanol–water partition coefficient (Wildman–Crippen LogP) is 5.77. The molecule has 0 aliphatic rings. The fourth-order valence-corrected chi connectivity index (χ4v) is 2.98. The van der Waals surface area contributed by atoms with Crippen LogP contribution in [0.15, 0.2) is 60.8 Å². The van der Waals surface area contributed by atoms with Gasteiger partial charge in [-0.3, -0.25) is 4.98 Å². The number of hydrogen-bond donors (Lipinski definition) is 0. The lowest BCUT2D eigenvalue weighted by atomic mass is 9.91. The first-order valence-corrected chi connectivity index (χ1v) is 7.91. The smallest absolute Gasteiger partial charge is 0.0653 e. The first-order valence-electron chi connectivity index (χ1n) is 7.37. The summed E-state index contributed by atoms with van der Waals surface area (Å²) in [6, 6.07) is 19.1. The van der Waals surface area contributed by atoms with Crippen LogP contribution in [-0.2, 0) is 5.88 Å². The quantitative estimate of drug-likeness (QED) is 0.560. The molecule has 0 atom stereocenters. The third-order valence-electron chi connectivity index (χ3n) is 3.92. The van der Waals surface area contributed by atoms with E-state index in [9.17, 15) is 0 Å². The molecule has 0 unspecified atom stereocenters. The highest BCUT2D eigenvalue weighted by molar-refractivity contribution is 6.17. The van der Waals surface area contributed by atoms with Crippen LogP contribution in [0.25, 0.3) is 22.3 Å². The van der Waals surface area contributed by atoms with E-state index in [1.807, 2.05) is 6.07 Å². The van der Waals surface area contributed by atoms with Crippen LogP contribution in [0.1, 0.15) is 16.8 Å². The Balaban J connectivity index is 2.25. The Morgan fingerprint density at radius 1 is 0.818 bits per heavy atom. The molecular formula is C20H18ClN. The number of aromatic nitrogens is 1. The van der Waals surface area contributed by atoms with Crippen LogP contribution < -0.4 is 0 Å². The van der Waals surface area contributed by atoms with Crippen LogP contribution in [0.2, 0.25) is 0 Å². The molecule has 1 aromatic heterocycles. The van der Waals surface area contributed by atoms with Crippen molar-refractivity contribution in [1.29, 1.82) is 0 Å². The summed E-state index contributed by atoms with van der Waals surface area (Å²) in [4.78, 5) is 4.42. The molecular weight excluding hydrogens is 290 g/mol. The summed E-state index contributed by atoms with van der Waals surface area (Å²) in [5.74, 6) is 0.414. The van der Waals surface area contributed by atoms with E-state index >= 15 is 0 Å². The molecule has 1 nitrogen and oxygen atoms in total. The van der Waals surface area contributed by atoms with Crippen molar-refractivity contribution in [2.75, 3.05) is 0 Å². The van der Waals surface area contributed by atoms with E-state index in [0.717, 1.165) is 11.3 Å². The Kier molecular flexibility index (Phi) is 4.26. The number of pyridine rings is 1. The lowest BCUT2D eigenvalue weighted by Gasteiger charge is -2.14. The Morgan fingerprint density at radius 2 is 1.50 bits per heavy atom. The van der Waals surface area contributed by atoms with E-state index < -0.39 is 0 Å². The molecule has 0 N–H and O–H groups in total. The minimum Gasteiger partial charge on any atom is -0.259 e. The Hall–Kier alpha value is -2.12. The van der Waals surface area contributed by atoms with Crippen LogP contribution in [0, 0.1) is 13.8 Å². The second-order valence-corrected chi connectivity index (χ2v) is 5.76. The molecule has 0 radical (unpaired) electrons. The monoisotopic (exact) mass is 307 g/mol. The Labute approximate surface area is 136 Å². The van der Waals surface area contributed by atoms with Crippen molar-refractivity contribution in [3.05, 3.63) is 77.6 Å². The highest BCUT2D eigenvalue weighted by atomic mass is 35.5. The maximum absolute atomic E-state index is 6.07. The number of hydrogen-bond acceptors (Lipinski definition) is 1. The molecule has 2 aromatic carbocycles. The van der Waals surface area contributed by atoms with Gasteiger partial charge < -0.3 is 0 Å². The van der Waals surface area contributed by atoms with E-state index in [4.69, 9.17) is 11.6 Å². The molecule has 0 amide bonds. The van der Waals surface area contributed by atoms with Crippen molar-refractivity contribution in [2.24, 2.45) is 0 Å². The summed E-state index contributed by atoms with van der Waals surface area (Å²) in [5.41, 5.74) is 8.23. The number of benzene rings is 2. The van der Waals surface area contributed by atoms with Crippen LogP contribution in [0.3, 0.4) is 0 Å². The van der Waals surface area contributed by atoms with E-state index in [2.05, 4.69) is 67.4 Å². The first kappa shape index (κ1) is 14.8. The largest absolute Gasteiger partial charge is 0.259 e. The molecule has 0 spiro atoms. The number of alkyl halides is 1. The normalized spacial score (nSPS) is 10.7. The number of aryl methyl sites for hydroxylation is 2.